The van der Waals surface area contributed by atoms with Gasteiger partial charge in [0.2, 0.25) is 0 Å². The molecule has 1 aromatic rings. The Balaban J connectivity index is 0. The van der Waals surface area contributed by atoms with Crippen LogP contribution in [0.4, 0.5) is 0 Å². The van der Waals surface area contributed by atoms with E-state index < -0.39 is 0 Å². The molecule has 1 heterocycles. The van der Waals surface area contributed by atoms with Crippen LogP contribution in [0.1, 0.15) is 91.3 Å². The molecule has 0 spiro atoms. The topological polar surface area (TPSA) is 28.7 Å². The third-order valence-corrected chi connectivity index (χ3v) is 2.98. The van der Waals surface area contributed by atoms with E-state index in [-0.39, 0.29) is 0 Å². The maximum absolute atomic E-state index is 3.92. The van der Waals surface area contributed by atoms with Gasteiger partial charge in [-0.05, 0) is 25.0 Å². The molecule has 2 nitrogen and oxygen atoms in total. The van der Waals surface area contributed by atoms with Crippen LogP contribution in [0.25, 0.3) is 11.1 Å². The summed E-state index contributed by atoms with van der Waals surface area (Å²) in [6, 6.07) is 0. The molecule has 0 amide bonds. The SMILES string of the molecule is C=C(C)c1cn[nH]c1C(=C)C.CCCC.CCCCCC. The van der Waals surface area contributed by atoms with Gasteiger partial charge in [-0.3, -0.25) is 5.10 Å². The molecule has 1 aromatic heterocycles. The highest BCUT2D eigenvalue weighted by atomic mass is 15.1. The zero-order chi connectivity index (χ0) is 16.7. The predicted octanol–water partition coefficient (Wildman–Crippen LogP) is 6.87. The van der Waals surface area contributed by atoms with E-state index in [1.807, 2.05) is 13.8 Å². The molecule has 0 bridgehead atoms. The van der Waals surface area contributed by atoms with E-state index >= 15 is 0 Å². The van der Waals surface area contributed by atoms with E-state index in [0.29, 0.717) is 0 Å². The fourth-order valence-electron chi connectivity index (χ4n) is 1.44. The van der Waals surface area contributed by atoms with Crippen molar-refractivity contribution < 1.29 is 0 Å². The Hall–Kier alpha value is -1.31. The van der Waals surface area contributed by atoms with Crippen molar-refractivity contribution in [2.45, 2.75) is 80.1 Å². The van der Waals surface area contributed by atoms with Crippen molar-refractivity contribution in [3.63, 3.8) is 0 Å². The second kappa shape index (κ2) is 15.1. The molecule has 0 unspecified atom stereocenters. The molecule has 1 rings (SSSR count). The molecule has 0 atom stereocenters. The van der Waals surface area contributed by atoms with E-state index in [1.165, 1.54) is 38.5 Å². The van der Waals surface area contributed by atoms with Crippen LogP contribution >= 0.6 is 0 Å². The van der Waals surface area contributed by atoms with Crippen molar-refractivity contribution in [1.82, 2.24) is 10.2 Å². The van der Waals surface area contributed by atoms with Crippen molar-refractivity contribution in [2.24, 2.45) is 0 Å². The Morgan fingerprint density at radius 2 is 1.38 bits per heavy atom. The molecule has 0 aliphatic rings. The zero-order valence-electron chi connectivity index (χ0n) is 15.2. The number of nitrogens with one attached hydrogen (secondary N) is 1. The summed E-state index contributed by atoms with van der Waals surface area (Å²) < 4.78 is 0. The van der Waals surface area contributed by atoms with Crippen LogP contribution in [0.5, 0.6) is 0 Å². The van der Waals surface area contributed by atoms with E-state index in [9.17, 15) is 0 Å². The standard InChI is InChI=1S/C9H12N2.C6H14.C4H10/c1-6(2)8-5-10-11-9(8)7(3)4;1-3-5-6-4-2;1-3-4-2/h5H,1,3H2,2,4H3,(H,10,11);3-6H2,1-2H3;3-4H2,1-2H3. The van der Waals surface area contributed by atoms with Gasteiger partial charge in [-0.15, -0.1) is 0 Å². The minimum Gasteiger partial charge on any atom is -0.278 e. The summed E-state index contributed by atoms with van der Waals surface area (Å²) in [5.41, 5.74) is 4.03. The van der Waals surface area contributed by atoms with Crippen LogP contribution in [0, 0.1) is 0 Å². The van der Waals surface area contributed by atoms with Crippen LogP contribution in [-0.4, -0.2) is 10.2 Å². The van der Waals surface area contributed by atoms with Crippen LogP contribution in [0.2, 0.25) is 0 Å². The Kier molecular flexibility index (Phi) is 15.8. The highest BCUT2D eigenvalue weighted by Crippen LogP contribution is 2.19. The molecule has 122 valence electrons. The minimum absolute atomic E-state index is 0.984. The molecule has 0 aromatic carbocycles. The van der Waals surface area contributed by atoms with Crippen molar-refractivity contribution in [3.8, 4) is 0 Å². The molecule has 0 aliphatic heterocycles. The quantitative estimate of drug-likeness (QED) is 0.569. The van der Waals surface area contributed by atoms with Gasteiger partial charge in [0.15, 0.2) is 0 Å². The van der Waals surface area contributed by atoms with E-state index in [0.717, 1.165) is 22.4 Å². The van der Waals surface area contributed by atoms with E-state index in [4.69, 9.17) is 0 Å². The largest absolute Gasteiger partial charge is 0.278 e. The van der Waals surface area contributed by atoms with Crippen LogP contribution < -0.4 is 0 Å². The number of aromatic amines is 1. The Morgan fingerprint density at radius 1 is 0.905 bits per heavy atom. The maximum atomic E-state index is 3.92. The van der Waals surface area contributed by atoms with Gasteiger partial charge in [-0.25, -0.2) is 0 Å². The lowest BCUT2D eigenvalue weighted by Crippen LogP contribution is -1.83. The summed E-state index contributed by atoms with van der Waals surface area (Å²) in [4.78, 5) is 0. The van der Waals surface area contributed by atoms with Crippen LogP contribution in [0.3, 0.4) is 0 Å². The first kappa shape index (κ1) is 22.0. The van der Waals surface area contributed by atoms with Gasteiger partial charge in [0.1, 0.15) is 0 Å². The number of unbranched alkanes of at least 4 members (excludes halogenated alkanes) is 4. The van der Waals surface area contributed by atoms with Crippen LogP contribution in [-0.2, 0) is 0 Å². The van der Waals surface area contributed by atoms with Crippen molar-refractivity contribution in [1.29, 1.82) is 0 Å². The van der Waals surface area contributed by atoms with Gasteiger partial charge in [0.25, 0.3) is 0 Å². The van der Waals surface area contributed by atoms with Gasteiger partial charge >= 0.3 is 0 Å². The smallest absolute Gasteiger partial charge is 0.0675 e. The highest BCUT2D eigenvalue weighted by Gasteiger charge is 2.04. The fraction of sp³-hybridized carbons (Fsp3) is 0.632. The normalized spacial score (nSPS) is 9.05. The average molecular weight is 293 g/mol. The number of nitrogens with zero attached hydrogens (tertiary/aromatic N) is 1. The summed E-state index contributed by atoms with van der Waals surface area (Å²) in [6.45, 7) is 20.4. The molecule has 0 radical (unpaired) electrons. The first-order valence-corrected chi connectivity index (χ1v) is 8.31. The third-order valence-electron chi connectivity index (χ3n) is 2.98. The van der Waals surface area contributed by atoms with Crippen molar-refractivity contribution in [2.75, 3.05) is 0 Å². The van der Waals surface area contributed by atoms with Crippen molar-refractivity contribution in [3.05, 3.63) is 30.6 Å². The summed E-state index contributed by atoms with van der Waals surface area (Å²) in [5, 5.41) is 6.79. The highest BCUT2D eigenvalue weighted by molar-refractivity contribution is 5.73. The van der Waals surface area contributed by atoms with Gasteiger partial charge in [0, 0.05) is 5.56 Å². The average Bonchev–Trinajstić information content (AvgIpc) is 2.96. The fourth-order valence-corrected chi connectivity index (χ4v) is 1.44. The first-order chi connectivity index (χ1) is 9.95. The van der Waals surface area contributed by atoms with Crippen LogP contribution in [0.15, 0.2) is 19.4 Å². The van der Waals surface area contributed by atoms with Crippen molar-refractivity contribution >= 4 is 11.1 Å². The molecule has 2 heteroatoms. The molecule has 0 aliphatic carbocycles. The second-order valence-corrected chi connectivity index (χ2v) is 5.43. The maximum Gasteiger partial charge on any atom is 0.0675 e. The minimum atomic E-state index is 0.984. The molecule has 1 N–H and O–H groups in total. The predicted molar refractivity (Wildman–Crippen MR) is 98.4 cm³/mol. The number of aromatic nitrogens is 2. The molecule has 0 fully saturated rings. The molecule has 0 saturated heterocycles. The lowest BCUT2D eigenvalue weighted by Gasteiger charge is -1.99. The van der Waals surface area contributed by atoms with E-state index in [2.05, 4.69) is 51.1 Å². The number of hydrogen-bond acceptors (Lipinski definition) is 1. The number of rotatable bonds is 6. The second-order valence-electron chi connectivity index (χ2n) is 5.43. The lowest BCUT2D eigenvalue weighted by atomic mass is 10.1. The Bertz CT molecular complexity index is 340. The zero-order valence-corrected chi connectivity index (χ0v) is 15.2. The van der Waals surface area contributed by atoms with Gasteiger partial charge < -0.3 is 0 Å². The monoisotopic (exact) mass is 292 g/mol. The third kappa shape index (κ3) is 12.2. The molecule has 21 heavy (non-hydrogen) atoms. The van der Waals surface area contributed by atoms with Gasteiger partial charge in [-0.2, -0.15) is 5.10 Å². The van der Waals surface area contributed by atoms with Gasteiger partial charge in [0.05, 0.1) is 11.9 Å². The summed E-state index contributed by atoms with van der Waals surface area (Å²) in [6.07, 6.45) is 9.95. The lowest BCUT2D eigenvalue weighted by molar-refractivity contribution is 0.702. The Morgan fingerprint density at radius 3 is 1.62 bits per heavy atom. The van der Waals surface area contributed by atoms with Gasteiger partial charge in [-0.1, -0.05) is 79.4 Å². The molecule has 0 saturated carbocycles. The summed E-state index contributed by atoms with van der Waals surface area (Å²) in [5.74, 6) is 0. The summed E-state index contributed by atoms with van der Waals surface area (Å²) >= 11 is 0. The van der Waals surface area contributed by atoms with E-state index in [1.54, 1.807) is 6.20 Å². The first-order valence-electron chi connectivity index (χ1n) is 8.31. The number of allylic oxidation sites excluding steroid dienone is 2. The summed E-state index contributed by atoms with van der Waals surface area (Å²) in [7, 11) is 0. The molecular weight excluding hydrogens is 256 g/mol. The number of hydrogen-bond donors (Lipinski definition) is 1. The molecular formula is C19H36N2. The number of H-pyrrole nitrogens is 1. The Labute approximate surface area is 132 Å².